The van der Waals surface area contributed by atoms with Crippen LogP contribution in [0.4, 0.5) is 0 Å². The van der Waals surface area contributed by atoms with Gasteiger partial charge < -0.3 is 10.3 Å². The van der Waals surface area contributed by atoms with Gasteiger partial charge in [0.05, 0.1) is 6.26 Å². The number of sulfone groups is 1. The van der Waals surface area contributed by atoms with E-state index in [0.29, 0.717) is 0 Å². The van der Waals surface area contributed by atoms with Crippen LogP contribution in [0.15, 0.2) is 0 Å². The van der Waals surface area contributed by atoms with Crippen molar-refractivity contribution in [1.82, 2.24) is 0 Å². The normalized spacial score (nSPS) is 12.8. The number of rotatable bonds is 2. The van der Waals surface area contributed by atoms with Crippen LogP contribution in [0.5, 0.6) is 0 Å². The molecule has 0 aromatic heterocycles. The first kappa shape index (κ1) is 11.8. The van der Waals surface area contributed by atoms with Gasteiger partial charge in [0.15, 0.2) is 0 Å². The molecule has 0 saturated heterocycles. The van der Waals surface area contributed by atoms with E-state index in [0.717, 1.165) is 13.2 Å². The van der Waals surface area contributed by atoms with Crippen LogP contribution in [0.1, 0.15) is 13.8 Å². The Balaban J connectivity index is 4.85. The third kappa shape index (κ3) is 3.82. The van der Waals surface area contributed by atoms with Gasteiger partial charge in [-0.2, -0.15) is 4.79 Å². The van der Waals surface area contributed by atoms with Crippen LogP contribution < -0.4 is 0 Å². The molecule has 0 bridgehead atoms. The molecule has 0 radical (unpaired) electrons. The Bertz CT molecular complexity index is 353. The average molecular weight is 206 g/mol. The molecule has 0 aliphatic rings. The van der Waals surface area contributed by atoms with Crippen LogP contribution >= 0.6 is 0 Å². The molecule has 0 aromatic rings. The smallest absolute Gasteiger partial charge is 0.420 e. The van der Waals surface area contributed by atoms with Gasteiger partial charge in [-0.05, 0) is 6.92 Å². The molecule has 0 amide bonds. The lowest BCUT2D eigenvalue weighted by atomic mass is 10.4. The fraction of sp³-hybridized carbons (Fsp3) is 0.667. The largest absolute Gasteiger partial charge is 0.449 e. The standard InChI is InChI=1S/C6H10N2O4S/c1-4(12-5(2)9)6(8-7)13(3,10)11/h4H,1-3H3. The zero-order valence-electron chi connectivity index (χ0n) is 7.51. The Kier molecular flexibility index (Phi) is 3.77. The minimum atomic E-state index is -3.64. The summed E-state index contributed by atoms with van der Waals surface area (Å²) in [5, 5.41) is -0.567. The Morgan fingerprint density at radius 3 is 2.23 bits per heavy atom. The lowest BCUT2D eigenvalue weighted by Crippen LogP contribution is -2.30. The zero-order chi connectivity index (χ0) is 10.6. The Morgan fingerprint density at radius 1 is 1.54 bits per heavy atom. The summed E-state index contributed by atoms with van der Waals surface area (Å²) >= 11 is 0. The van der Waals surface area contributed by atoms with E-state index in [9.17, 15) is 13.2 Å². The maximum absolute atomic E-state index is 10.9. The van der Waals surface area contributed by atoms with Gasteiger partial charge in [0.2, 0.25) is 6.10 Å². The molecule has 74 valence electrons. The molecular formula is C6H10N2O4S. The quantitative estimate of drug-likeness (QED) is 0.202. The fourth-order valence-corrected chi connectivity index (χ4v) is 1.56. The Morgan fingerprint density at radius 2 is 2.00 bits per heavy atom. The van der Waals surface area contributed by atoms with Gasteiger partial charge in [-0.1, -0.05) is 0 Å². The van der Waals surface area contributed by atoms with Crippen molar-refractivity contribution in [3.05, 3.63) is 5.53 Å². The van der Waals surface area contributed by atoms with E-state index >= 15 is 0 Å². The van der Waals surface area contributed by atoms with Crippen LogP contribution in [-0.2, 0) is 19.4 Å². The topological polar surface area (TPSA) is 96.8 Å². The van der Waals surface area contributed by atoms with Crippen molar-refractivity contribution in [2.45, 2.75) is 20.0 Å². The van der Waals surface area contributed by atoms with Gasteiger partial charge in [-0.3, -0.25) is 4.79 Å². The molecule has 0 saturated carbocycles. The molecule has 0 fully saturated rings. The summed E-state index contributed by atoms with van der Waals surface area (Å²) in [5.74, 6) is -0.641. The summed E-state index contributed by atoms with van der Waals surface area (Å²) < 4.78 is 26.3. The number of carbonyl (C=O) groups is 1. The van der Waals surface area contributed by atoms with Crippen LogP contribution in [0.3, 0.4) is 0 Å². The Hall–Kier alpha value is -1.20. The first-order valence-corrected chi connectivity index (χ1v) is 5.27. The highest BCUT2D eigenvalue weighted by Crippen LogP contribution is 1.99. The van der Waals surface area contributed by atoms with Crippen molar-refractivity contribution in [1.29, 1.82) is 0 Å². The number of hydrogen-bond donors (Lipinski definition) is 0. The second-order valence-electron chi connectivity index (χ2n) is 2.46. The molecule has 7 heteroatoms. The molecule has 0 aliphatic heterocycles. The SMILES string of the molecule is CC(=O)OC(C)C(=[N+]=[N-])S(C)(=O)=O. The maximum Gasteiger partial charge on any atom is 0.420 e. The molecule has 0 aromatic carbocycles. The van der Waals surface area contributed by atoms with Crippen molar-refractivity contribution < 1.29 is 22.7 Å². The minimum Gasteiger partial charge on any atom is -0.449 e. The first-order valence-electron chi connectivity index (χ1n) is 3.38. The molecule has 1 unspecified atom stereocenters. The van der Waals surface area contributed by atoms with E-state index in [4.69, 9.17) is 5.53 Å². The maximum atomic E-state index is 10.9. The minimum absolute atomic E-state index is 0.567. The first-order chi connectivity index (χ1) is 5.79. The van der Waals surface area contributed by atoms with E-state index in [2.05, 4.69) is 9.53 Å². The number of carbonyl (C=O) groups excluding carboxylic acids is 1. The van der Waals surface area contributed by atoms with Crippen LogP contribution in [0.2, 0.25) is 0 Å². The predicted molar refractivity (Wildman–Crippen MR) is 44.7 cm³/mol. The highest BCUT2D eigenvalue weighted by atomic mass is 32.2. The highest BCUT2D eigenvalue weighted by Gasteiger charge is 2.31. The molecular weight excluding hydrogens is 196 g/mol. The second kappa shape index (κ2) is 4.15. The number of esters is 1. The predicted octanol–water partition coefficient (Wildman–Crippen LogP) is -0.389. The van der Waals surface area contributed by atoms with Gasteiger partial charge in [-0.15, -0.1) is 0 Å². The van der Waals surface area contributed by atoms with Crippen molar-refractivity contribution in [2.75, 3.05) is 6.26 Å². The number of nitrogens with zero attached hydrogens (tertiary/aromatic N) is 2. The molecule has 0 aliphatic carbocycles. The van der Waals surface area contributed by atoms with Crippen molar-refractivity contribution in [3.63, 3.8) is 0 Å². The summed E-state index contributed by atoms with van der Waals surface area (Å²) in [6.45, 7) is 2.44. The van der Waals surface area contributed by atoms with E-state index in [1.54, 1.807) is 0 Å². The van der Waals surface area contributed by atoms with Crippen molar-refractivity contribution >= 4 is 20.9 Å². The van der Waals surface area contributed by atoms with Crippen LogP contribution in [0.25, 0.3) is 5.53 Å². The molecule has 1 atom stereocenters. The molecule has 13 heavy (non-hydrogen) atoms. The summed E-state index contributed by atoms with van der Waals surface area (Å²) in [4.78, 5) is 13.0. The van der Waals surface area contributed by atoms with Gasteiger partial charge in [-0.25, -0.2) is 8.42 Å². The molecule has 0 heterocycles. The van der Waals surface area contributed by atoms with Crippen molar-refractivity contribution in [2.24, 2.45) is 0 Å². The third-order valence-electron chi connectivity index (χ3n) is 1.17. The Labute approximate surface area is 76.0 Å². The second-order valence-corrected chi connectivity index (χ2v) is 4.42. The van der Waals surface area contributed by atoms with Crippen molar-refractivity contribution in [3.8, 4) is 0 Å². The fourth-order valence-electron chi connectivity index (χ4n) is 0.756. The zero-order valence-corrected chi connectivity index (χ0v) is 8.33. The van der Waals surface area contributed by atoms with Gasteiger partial charge >= 0.3 is 11.0 Å². The van der Waals surface area contributed by atoms with Crippen LogP contribution in [0, 0.1) is 0 Å². The van der Waals surface area contributed by atoms with E-state index in [1.165, 1.54) is 6.92 Å². The highest BCUT2D eigenvalue weighted by molar-refractivity contribution is 8.05. The molecule has 0 rings (SSSR count). The van der Waals surface area contributed by atoms with Gasteiger partial charge in [0.1, 0.15) is 0 Å². The number of hydrogen-bond acceptors (Lipinski definition) is 4. The molecule has 0 spiro atoms. The summed E-state index contributed by atoms with van der Waals surface area (Å²) in [7, 11) is -3.64. The third-order valence-corrected chi connectivity index (χ3v) is 2.34. The average Bonchev–Trinajstić information content (AvgIpc) is 1.82. The van der Waals surface area contributed by atoms with Gasteiger partial charge in [0, 0.05) is 6.92 Å². The monoisotopic (exact) mass is 206 g/mol. The number of ether oxygens (including phenoxy) is 1. The van der Waals surface area contributed by atoms with E-state index < -0.39 is 27.0 Å². The van der Waals surface area contributed by atoms with E-state index in [-0.39, 0.29) is 0 Å². The molecule has 6 nitrogen and oxygen atoms in total. The summed E-state index contributed by atoms with van der Waals surface area (Å²) in [5.41, 5.74) is 8.36. The summed E-state index contributed by atoms with van der Waals surface area (Å²) in [6, 6.07) is 0. The van der Waals surface area contributed by atoms with Gasteiger partial charge in [0.25, 0.3) is 9.84 Å². The van der Waals surface area contributed by atoms with E-state index in [1.807, 2.05) is 0 Å². The van der Waals surface area contributed by atoms with Crippen LogP contribution in [-0.4, -0.2) is 36.6 Å². The lowest BCUT2D eigenvalue weighted by Gasteiger charge is -2.04. The lowest BCUT2D eigenvalue weighted by molar-refractivity contribution is -0.144. The molecule has 0 N–H and O–H groups in total. The summed E-state index contributed by atoms with van der Waals surface area (Å²) in [6.07, 6.45) is -0.209.